The van der Waals surface area contributed by atoms with Crippen molar-refractivity contribution in [3.8, 4) is 0 Å². The number of hydrazone groups is 1. The van der Waals surface area contributed by atoms with E-state index in [0.29, 0.717) is 32.8 Å². The summed E-state index contributed by atoms with van der Waals surface area (Å²) in [5.41, 5.74) is 0.911. The van der Waals surface area contributed by atoms with E-state index in [-0.39, 0.29) is 5.96 Å². The number of rotatable bonds is 7. The smallest absolute Gasteiger partial charge is 0.272 e. The fourth-order valence-corrected chi connectivity index (χ4v) is 2.53. The molecule has 126 valence electrons. The molecule has 9 heteroatoms. The van der Waals surface area contributed by atoms with Crippen molar-refractivity contribution in [2.45, 2.75) is 26.2 Å². The highest BCUT2D eigenvalue weighted by Gasteiger charge is 2.40. The molecule has 0 bridgehead atoms. The lowest BCUT2D eigenvalue weighted by Gasteiger charge is -2.42. The first kappa shape index (κ1) is 17.1. The summed E-state index contributed by atoms with van der Waals surface area (Å²) >= 11 is 0. The van der Waals surface area contributed by atoms with Crippen molar-refractivity contribution >= 4 is 5.96 Å². The zero-order chi connectivity index (χ0) is 16.7. The van der Waals surface area contributed by atoms with Crippen LogP contribution in [0.25, 0.3) is 0 Å². The maximum absolute atomic E-state index is 10.8. The summed E-state index contributed by atoms with van der Waals surface area (Å²) in [4.78, 5) is 16.5. The molecule has 0 spiro atoms. The van der Waals surface area contributed by atoms with Crippen molar-refractivity contribution in [1.29, 1.82) is 0 Å². The number of hydrogen-bond donors (Lipinski definition) is 1. The molecule has 9 nitrogen and oxygen atoms in total. The molecular weight excluding hydrogens is 302 g/mol. The minimum atomic E-state index is -0.860. The van der Waals surface area contributed by atoms with Gasteiger partial charge in [-0.05, 0) is 25.5 Å². The van der Waals surface area contributed by atoms with Crippen molar-refractivity contribution in [3.05, 3.63) is 40.2 Å². The summed E-state index contributed by atoms with van der Waals surface area (Å²) in [6, 6.07) is 3.71. The molecular formula is C14H21N5O4. The third-order valence-corrected chi connectivity index (χ3v) is 3.33. The van der Waals surface area contributed by atoms with Crippen LogP contribution in [0.1, 0.15) is 19.4 Å². The average molecular weight is 323 g/mol. The lowest BCUT2D eigenvalue weighted by molar-refractivity contribution is -0.486. The minimum absolute atomic E-state index is 0.189. The highest BCUT2D eigenvalue weighted by molar-refractivity contribution is 5.80. The first-order valence-electron chi connectivity index (χ1n) is 7.47. The van der Waals surface area contributed by atoms with Crippen molar-refractivity contribution in [2.75, 3.05) is 26.3 Å². The van der Waals surface area contributed by atoms with Crippen LogP contribution in [0.2, 0.25) is 0 Å². The van der Waals surface area contributed by atoms with Crippen LogP contribution in [0.4, 0.5) is 0 Å². The van der Waals surface area contributed by atoms with Gasteiger partial charge in [0.25, 0.3) is 5.96 Å². The van der Waals surface area contributed by atoms with Gasteiger partial charge in [-0.25, -0.2) is 10.1 Å². The number of nitrogens with zero attached hydrogens (tertiary/aromatic N) is 4. The van der Waals surface area contributed by atoms with E-state index in [1.165, 1.54) is 0 Å². The van der Waals surface area contributed by atoms with Crippen LogP contribution in [-0.4, -0.2) is 53.0 Å². The number of ether oxygens (including phenoxy) is 2. The number of pyridine rings is 1. The van der Waals surface area contributed by atoms with E-state index in [9.17, 15) is 10.1 Å². The fraction of sp³-hybridized carbons (Fsp3) is 0.571. The third kappa shape index (κ3) is 4.60. The van der Waals surface area contributed by atoms with Gasteiger partial charge in [-0.2, -0.15) is 0 Å². The van der Waals surface area contributed by atoms with Crippen LogP contribution in [-0.2, 0) is 16.0 Å². The first-order valence-corrected chi connectivity index (χ1v) is 7.47. The van der Waals surface area contributed by atoms with Crippen LogP contribution in [0, 0.1) is 10.1 Å². The Hall–Kier alpha value is -2.26. The molecule has 2 rings (SSSR count). The number of aromatic nitrogens is 1. The molecule has 1 aromatic heterocycles. The predicted octanol–water partition coefficient (Wildman–Crippen LogP) is 0.804. The van der Waals surface area contributed by atoms with Gasteiger partial charge in [-0.3, -0.25) is 4.98 Å². The van der Waals surface area contributed by atoms with Gasteiger partial charge in [0.15, 0.2) is 5.03 Å². The molecule has 1 aromatic rings. The van der Waals surface area contributed by atoms with Crippen LogP contribution in [0.15, 0.2) is 29.6 Å². The molecule has 0 aliphatic carbocycles. The number of nitrogens with one attached hydrogen (secondary N) is 1. The summed E-state index contributed by atoms with van der Waals surface area (Å²) in [7, 11) is 0. The summed E-state index contributed by atoms with van der Waals surface area (Å²) in [6.07, 6.45) is 3.39. The predicted molar refractivity (Wildman–Crippen MR) is 83.1 cm³/mol. The van der Waals surface area contributed by atoms with Gasteiger partial charge in [-0.1, -0.05) is 6.07 Å². The second kappa shape index (κ2) is 7.84. The molecule has 0 saturated carbocycles. The van der Waals surface area contributed by atoms with Crippen molar-refractivity contribution in [1.82, 2.24) is 15.2 Å². The summed E-state index contributed by atoms with van der Waals surface area (Å²) in [6.45, 7) is 5.76. The number of nitro groups is 1. The summed E-state index contributed by atoms with van der Waals surface area (Å²) in [5, 5.41) is 16.4. The molecule has 0 aromatic carbocycles. The summed E-state index contributed by atoms with van der Waals surface area (Å²) < 4.78 is 11.5. The quantitative estimate of drug-likeness (QED) is 0.450. The molecule has 0 amide bonds. The van der Waals surface area contributed by atoms with Crippen LogP contribution < -0.4 is 5.32 Å². The van der Waals surface area contributed by atoms with Crippen LogP contribution in [0.3, 0.4) is 0 Å². The fourth-order valence-electron chi connectivity index (χ4n) is 2.53. The van der Waals surface area contributed by atoms with E-state index >= 15 is 0 Å². The second-order valence-corrected chi connectivity index (χ2v) is 5.01. The Morgan fingerprint density at radius 1 is 1.48 bits per heavy atom. The normalized spacial score (nSPS) is 18.7. The van der Waals surface area contributed by atoms with E-state index < -0.39 is 10.8 Å². The lowest BCUT2D eigenvalue weighted by Crippen LogP contribution is -2.63. The molecule has 1 aliphatic heterocycles. The molecule has 0 atom stereocenters. The standard InChI is InChI=1S/C14H21N5O4/c1-3-22-14(23-4-2)10-16-13(17-19(20)21)18(11-14)9-12-6-5-7-15-8-12/h5-8H,3-4,9-11H2,1-2H3,(H,16,17). The zero-order valence-corrected chi connectivity index (χ0v) is 13.3. The van der Waals surface area contributed by atoms with Crippen molar-refractivity contribution < 1.29 is 14.5 Å². The topological polar surface area (TPSA) is 102 Å². The Kier molecular flexibility index (Phi) is 5.83. The Balaban J connectivity index is 2.23. The SMILES string of the molecule is CCOC1(OCC)CNC(=N[N+](=O)[O-])N(Cc2cccnc2)C1. The molecule has 1 saturated heterocycles. The summed E-state index contributed by atoms with van der Waals surface area (Å²) in [5.74, 6) is -0.671. The number of guanidine groups is 1. The first-order chi connectivity index (χ1) is 11.1. The zero-order valence-electron chi connectivity index (χ0n) is 13.3. The maximum Gasteiger partial charge on any atom is 0.272 e. The van der Waals surface area contributed by atoms with Crippen molar-refractivity contribution in [3.63, 3.8) is 0 Å². The molecule has 1 aliphatic rings. The maximum atomic E-state index is 10.8. The van der Waals surface area contributed by atoms with E-state index in [0.717, 1.165) is 5.56 Å². The van der Waals surface area contributed by atoms with E-state index in [4.69, 9.17) is 9.47 Å². The Labute approximate surface area is 134 Å². The van der Waals surface area contributed by atoms with Gasteiger partial charge in [0.05, 0.1) is 13.1 Å². The van der Waals surface area contributed by atoms with E-state index in [1.807, 2.05) is 26.0 Å². The van der Waals surface area contributed by atoms with E-state index in [1.54, 1.807) is 17.3 Å². The molecule has 2 heterocycles. The van der Waals surface area contributed by atoms with Gasteiger partial charge in [0, 0.05) is 32.2 Å². The minimum Gasteiger partial charge on any atom is -0.347 e. The highest BCUT2D eigenvalue weighted by atomic mass is 16.7. The molecule has 1 N–H and O–H groups in total. The van der Waals surface area contributed by atoms with Gasteiger partial charge in [0.2, 0.25) is 5.79 Å². The largest absolute Gasteiger partial charge is 0.347 e. The molecule has 0 unspecified atom stereocenters. The Bertz CT molecular complexity index is 545. The van der Waals surface area contributed by atoms with Gasteiger partial charge in [0.1, 0.15) is 5.10 Å². The van der Waals surface area contributed by atoms with E-state index in [2.05, 4.69) is 15.4 Å². The second-order valence-electron chi connectivity index (χ2n) is 5.01. The Morgan fingerprint density at radius 2 is 2.22 bits per heavy atom. The average Bonchev–Trinajstić information content (AvgIpc) is 2.51. The molecule has 23 heavy (non-hydrogen) atoms. The van der Waals surface area contributed by atoms with Gasteiger partial charge in [-0.15, -0.1) is 0 Å². The Morgan fingerprint density at radius 3 is 2.78 bits per heavy atom. The molecule has 1 fully saturated rings. The van der Waals surface area contributed by atoms with Crippen LogP contribution in [0.5, 0.6) is 0 Å². The number of hydrogen-bond acceptors (Lipinski definition) is 5. The van der Waals surface area contributed by atoms with Gasteiger partial charge < -0.3 is 19.7 Å². The lowest BCUT2D eigenvalue weighted by atomic mass is 10.1. The van der Waals surface area contributed by atoms with Crippen molar-refractivity contribution in [2.24, 2.45) is 5.10 Å². The van der Waals surface area contributed by atoms with Gasteiger partial charge >= 0.3 is 0 Å². The highest BCUT2D eigenvalue weighted by Crippen LogP contribution is 2.20. The third-order valence-electron chi connectivity index (χ3n) is 3.33. The monoisotopic (exact) mass is 323 g/mol. The van der Waals surface area contributed by atoms with Crippen LogP contribution >= 0.6 is 0 Å². The molecule has 0 radical (unpaired) electrons.